The van der Waals surface area contributed by atoms with E-state index in [1.807, 2.05) is 12.1 Å². The summed E-state index contributed by atoms with van der Waals surface area (Å²) in [5.41, 5.74) is 3.06. The lowest BCUT2D eigenvalue weighted by molar-refractivity contribution is -0.0389. The van der Waals surface area contributed by atoms with Gasteiger partial charge in [0, 0.05) is 27.8 Å². The van der Waals surface area contributed by atoms with Crippen molar-refractivity contribution in [1.29, 1.82) is 5.26 Å². The monoisotopic (exact) mass is 304 g/mol. The maximum Gasteiger partial charge on any atom is 0.121 e. The first-order chi connectivity index (χ1) is 8.70. The van der Waals surface area contributed by atoms with Crippen LogP contribution in [-0.2, 0) is 11.3 Å². The highest BCUT2D eigenvalue weighted by molar-refractivity contribution is 9.10. The lowest BCUT2D eigenvalue weighted by Crippen LogP contribution is -2.31. The first-order valence-corrected chi connectivity index (χ1v) is 6.76. The van der Waals surface area contributed by atoms with Crippen LogP contribution in [0.5, 0.6) is 0 Å². The third-order valence-corrected chi connectivity index (χ3v) is 4.41. The average molecular weight is 305 g/mol. The summed E-state index contributed by atoms with van der Waals surface area (Å²) in [5, 5.41) is 10.4. The predicted octanol–water partition coefficient (Wildman–Crippen LogP) is 3.23. The van der Waals surface area contributed by atoms with Gasteiger partial charge in [-0.1, -0.05) is 15.9 Å². The van der Waals surface area contributed by atoms with E-state index in [0.717, 1.165) is 40.8 Å². The Morgan fingerprint density at radius 1 is 1.50 bits per heavy atom. The van der Waals surface area contributed by atoms with E-state index in [1.165, 1.54) is 5.56 Å². The van der Waals surface area contributed by atoms with Gasteiger partial charge in [0.1, 0.15) is 11.8 Å². The highest BCUT2D eigenvalue weighted by Crippen LogP contribution is 2.29. The summed E-state index contributed by atoms with van der Waals surface area (Å²) >= 11 is 3.54. The van der Waals surface area contributed by atoms with Crippen molar-refractivity contribution in [3.05, 3.63) is 33.9 Å². The summed E-state index contributed by atoms with van der Waals surface area (Å²) in [6.07, 6.45) is 0. The van der Waals surface area contributed by atoms with Crippen molar-refractivity contribution in [2.45, 2.75) is 13.5 Å². The minimum Gasteiger partial charge on any atom is -0.381 e. The smallest absolute Gasteiger partial charge is 0.121 e. The van der Waals surface area contributed by atoms with Crippen molar-refractivity contribution in [2.24, 2.45) is 5.92 Å². The number of halogens is 1. The Hall–Kier alpha value is -1.31. The van der Waals surface area contributed by atoms with E-state index in [1.54, 1.807) is 0 Å². The molecule has 2 aromatic rings. The molecule has 92 valence electrons. The van der Waals surface area contributed by atoms with Gasteiger partial charge in [-0.3, -0.25) is 0 Å². The minimum atomic E-state index is 0.539. The summed E-state index contributed by atoms with van der Waals surface area (Å²) < 4.78 is 8.41. The highest BCUT2D eigenvalue weighted by atomic mass is 79.9. The Labute approximate surface area is 114 Å². The van der Waals surface area contributed by atoms with E-state index in [0.29, 0.717) is 5.92 Å². The molecular weight excluding hydrogens is 292 g/mol. The predicted molar refractivity (Wildman–Crippen MR) is 73.4 cm³/mol. The molecule has 1 aromatic heterocycles. The van der Waals surface area contributed by atoms with Crippen LogP contribution in [0.15, 0.2) is 22.7 Å². The van der Waals surface area contributed by atoms with Crippen molar-refractivity contribution < 1.29 is 4.74 Å². The second kappa shape index (κ2) is 4.42. The number of fused-ring (bicyclic) bond motifs is 1. The quantitative estimate of drug-likeness (QED) is 0.854. The summed E-state index contributed by atoms with van der Waals surface area (Å²) in [7, 11) is 0. The van der Waals surface area contributed by atoms with Crippen LogP contribution in [-0.4, -0.2) is 17.8 Å². The van der Waals surface area contributed by atoms with Gasteiger partial charge in [-0.2, -0.15) is 5.26 Å². The van der Waals surface area contributed by atoms with Crippen LogP contribution in [0.4, 0.5) is 0 Å². The Balaban J connectivity index is 2.16. The summed E-state index contributed by atoms with van der Waals surface area (Å²) in [4.78, 5) is 0. The molecule has 3 rings (SSSR count). The molecule has 0 spiro atoms. The number of rotatable bonds is 2. The van der Waals surface area contributed by atoms with Crippen LogP contribution >= 0.6 is 15.9 Å². The molecule has 1 aliphatic heterocycles. The fraction of sp³-hybridized carbons (Fsp3) is 0.357. The number of benzene rings is 1. The maximum atomic E-state index is 9.27. The van der Waals surface area contributed by atoms with Crippen molar-refractivity contribution in [2.75, 3.05) is 13.2 Å². The zero-order chi connectivity index (χ0) is 12.7. The SMILES string of the molecule is Cc1c(Br)ccc2c1cc(C#N)n2CC1COC1. The van der Waals surface area contributed by atoms with Gasteiger partial charge in [0.15, 0.2) is 0 Å². The first-order valence-electron chi connectivity index (χ1n) is 5.97. The molecule has 18 heavy (non-hydrogen) atoms. The molecule has 0 aliphatic carbocycles. The molecule has 0 unspecified atom stereocenters. The third-order valence-electron chi connectivity index (χ3n) is 3.55. The molecule has 0 saturated carbocycles. The zero-order valence-corrected chi connectivity index (χ0v) is 11.7. The fourth-order valence-corrected chi connectivity index (χ4v) is 2.73. The number of hydrogen-bond acceptors (Lipinski definition) is 2. The van der Waals surface area contributed by atoms with Gasteiger partial charge >= 0.3 is 0 Å². The number of aromatic nitrogens is 1. The molecule has 1 aliphatic rings. The van der Waals surface area contributed by atoms with Crippen molar-refractivity contribution in [1.82, 2.24) is 4.57 Å². The first kappa shape index (κ1) is 11.8. The van der Waals surface area contributed by atoms with Crippen LogP contribution < -0.4 is 0 Å². The Kier molecular flexibility index (Phi) is 2.89. The molecule has 3 nitrogen and oxygen atoms in total. The molecule has 0 N–H and O–H groups in total. The van der Waals surface area contributed by atoms with E-state index in [4.69, 9.17) is 4.74 Å². The van der Waals surface area contributed by atoms with Gasteiger partial charge in [0.05, 0.1) is 13.2 Å². The molecule has 0 radical (unpaired) electrons. The van der Waals surface area contributed by atoms with Gasteiger partial charge in [-0.05, 0) is 30.7 Å². The normalized spacial score (nSPS) is 15.6. The third kappa shape index (κ3) is 1.75. The largest absolute Gasteiger partial charge is 0.381 e. The second-order valence-corrected chi connectivity index (χ2v) is 5.61. The number of nitriles is 1. The molecule has 0 amide bonds. The molecule has 4 heteroatoms. The summed E-state index contributed by atoms with van der Waals surface area (Å²) in [5.74, 6) is 0.539. The number of hydrogen-bond donors (Lipinski definition) is 0. The maximum absolute atomic E-state index is 9.27. The van der Waals surface area contributed by atoms with E-state index >= 15 is 0 Å². The van der Waals surface area contributed by atoms with Gasteiger partial charge in [0.25, 0.3) is 0 Å². The van der Waals surface area contributed by atoms with Crippen molar-refractivity contribution >= 4 is 26.8 Å². The molecule has 1 aromatic carbocycles. The molecule has 1 saturated heterocycles. The zero-order valence-electron chi connectivity index (χ0n) is 10.1. The molecule has 0 atom stereocenters. The Morgan fingerprint density at radius 2 is 2.28 bits per heavy atom. The number of aryl methyl sites for hydroxylation is 1. The van der Waals surface area contributed by atoms with Crippen LogP contribution in [0.25, 0.3) is 10.9 Å². The van der Waals surface area contributed by atoms with E-state index in [2.05, 4.69) is 39.6 Å². The lowest BCUT2D eigenvalue weighted by atomic mass is 10.1. The van der Waals surface area contributed by atoms with E-state index in [-0.39, 0.29) is 0 Å². The van der Waals surface area contributed by atoms with Crippen LogP contribution in [0.2, 0.25) is 0 Å². The standard InChI is InChI=1S/C14H13BrN2O/c1-9-12-4-11(5-16)17(6-10-7-18-8-10)14(12)3-2-13(9)15/h2-4,10H,6-8H2,1H3. The summed E-state index contributed by atoms with van der Waals surface area (Å²) in [6.45, 7) is 4.55. The Morgan fingerprint density at radius 3 is 2.89 bits per heavy atom. The van der Waals surface area contributed by atoms with Crippen LogP contribution in [0.3, 0.4) is 0 Å². The van der Waals surface area contributed by atoms with E-state index in [9.17, 15) is 5.26 Å². The number of nitrogens with zero attached hydrogens (tertiary/aromatic N) is 2. The van der Waals surface area contributed by atoms with Crippen molar-refractivity contribution in [3.63, 3.8) is 0 Å². The van der Waals surface area contributed by atoms with Gasteiger partial charge in [-0.15, -0.1) is 0 Å². The molecular formula is C14H13BrN2O. The minimum absolute atomic E-state index is 0.539. The second-order valence-electron chi connectivity index (χ2n) is 4.76. The van der Waals surface area contributed by atoms with Crippen molar-refractivity contribution in [3.8, 4) is 6.07 Å². The summed E-state index contributed by atoms with van der Waals surface area (Å²) in [6, 6.07) is 8.40. The van der Waals surface area contributed by atoms with Gasteiger partial charge < -0.3 is 9.30 Å². The number of ether oxygens (including phenoxy) is 1. The topological polar surface area (TPSA) is 38.0 Å². The highest BCUT2D eigenvalue weighted by Gasteiger charge is 2.21. The Bertz CT molecular complexity index is 650. The van der Waals surface area contributed by atoms with Crippen LogP contribution in [0, 0.1) is 24.2 Å². The van der Waals surface area contributed by atoms with E-state index < -0.39 is 0 Å². The van der Waals surface area contributed by atoms with Crippen LogP contribution in [0.1, 0.15) is 11.3 Å². The molecule has 2 heterocycles. The van der Waals surface area contributed by atoms with Gasteiger partial charge in [0.2, 0.25) is 0 Å². The molecule has 1 fully saturated rings. The fourth-order valence-electron chi connectivity index (χ4n) is 2.39. The molecule has 0 bridgehead atoms. The van der Waals surface area contributed by atoms with Gasteiger partial charge in [-0.25, -0.2) is 0 Å². The lowest BCUT2D eigenvalue weighted by Gasteiger charge is -2.27. The average Bonchev–Trinajstić information content (AvgIpc) is 2.67.